The highest BCUT2D eigenvalue weighted by Gasteiger charge is 2.28. The van der Waals surface area contributed by atoms with Gasteiger partial charge in [-0.3, -0.25) is 4.79 Å². The molecule has 4 nitrogen and oxygen atoms in total. The van der Waals surface area contributed by atoms with E-state index in [1.807, 2.05) is 55.4 Å². The molecule has 2 aromatic carbocycles. The molecule has 3 rings (SSSR count). The van der Waals surface area contributed by atoms with Crippen molar-refractivity contribution in [1.29, 1.82) is 0 Å². The van der Waals surface area contributed by atoms with E-state index in [2.05, 4.69) is 25.2 Å². The third-order valence-electron chi connectivity index (χ3n) is 4.66. The minimum atomic E-state index is -0.109. The topological polar surface area (TPSA) is 41.6 Å². The van der Waals surface area contributed by atoms with Crippen LogP contribution in [-0.2, 0) is 6.42 Å². The van der Waals surface area contributed by atoms with E-state index in [-0.39, 0.29) is 11.3 Å². The lowest BCUT2D eigenvalue weighted by Gasteiger charge is -2.35. The van der Waals surface area contributed by atoms with E-state index < -0.39 is 0 Å². The van der Waals surface area contributed by atoms with Crippen molar-refractivity contribution in [2.24, 2.45) is 0 Å². The van der Waals surface area contributed by atoms with Crippen molar-refractivity contribution < 1.29 is 9.53 Å². The molecule has 0 aliphatic carbocycles. The second kappa shape index (κ2) is 6.87. The largest absolute Gasteiger partial charge is 0.497 e. The zero-order valence-corrected chi connectivity index (χ0v) is 16.1. The summed E-state index contributed by atoms with van der Waals surface area (Å²) in [4.78, 5) is 14.8. The Morgan fingerprint density at radius 1 is 1.15 bits per heavy atom. The van der Waals surface area contributed by atoms with Crippen LogP contribution in [0.25, 0.3) is 5.70 Å². The first-order valence-corrected chi connectivity index (χ1v) is 8.78. The van der Waals surface area contributed by atoms with Gasteiger partial charge in [0.25, 0.3) is 0 Å². The summed E-state index contributed by atoms with van der Waals surface area (Å²) in [5.41, 5.74) is 4.73. The number of carbonyl (C=O) groups is 1. The van der Waals surface area contributed by atoms with Crippen molar-refractivity contribution >= 4 is 17.2 Å². The maximum absolute atomic E-state index is 12.8. The zero-order chi connectivity index (χ0) is 18.9. The summed E-state index contributed by atoms with van der Waals surface area (Å²) in [5, 5.41) is 3.51. The monoisotopic (exact) mass is 350 g/mol. The predicted octanol–water partition coefficient (Wildman–Crippen LogP) is 3.91. The molecule has 4 heteroatoms. The van der Waals surface area contributed by atoms with E-state index in [1.54, 1.807) is 13.2 Å². The number of hydrogen-bond donors (Lipinski definition) is 1. The van der Waals surface area contributed by atoms with E-state index in [4.69, 9.17) is 4.74 Å². The van der Waals surface area contributed by atoms with Gasteiger partial charge in [-0.2, -0.15) is 0 Å². The number of ether oxygens (including phenoxy) is 1. The Balaban J connectivity index is 1.97. The van der Waals surface area contributed by atoms with Crippen molar-refractivity contribution in [3.8, 4) is 5.75 Å². The highest BCUT2D eigenvalue weighted by molar-refractivity contribution is 6.08. The number of hydrogen-bond acceptors (Lipinski definition) is 4. The lowest BCUT2D eigenvalue weighted by atomic mass is 9.85. The first kappa shape index (κ1) is 18.1. The fraction of sp³-hybridized carbons (Fsp3) is 0.318. The third kappa shape index (κ3) is 3.74. The molecule has 0 saturated heterocycles. The molecule has 0 spiro atoms. The number of anilines is 1. The Labute approximate surface area is 155 Å². The van der Waals surface area contributed by atoms with Crippen molar-refractivity contribution in [3.05, 3.63) is 65.2 Å². The second-order valence-electron chi connectivity index (χ2n) is 7.57. The van der Waals surface area contributed by atoms with Crippen LogP contribution in [0.15, 0.2) is 48.5 Å². The van der Waals surface area contributed by atoms with Crippen LogP contribution in [0.5, 0.6) is 5.75 Å². The fourth-order valence-corrected chi connectivity index (χ4v) is 3.29. The molecular weight excluding hydrogens is 324 g/mol. The number of rotatable bonds is 4. The molecule has 136 valence electrons. The standard InChI is InChI=1S/C22H26N2O2/c1-22(2)14-16-8-11-18(26-5)12-19(16)20(23-22)13-21(25)15-6-9-17(10-7-15)24(3)4/h6-13,23H,14H2,1-5H3. The zero-order valence-electron chi connectivity index (χ0n) is 16.1. The molecule has 0 radical (unpaired) electrons. The molecule has 0 fully saturated rings. The van der Waals surface area contributed by atoms with Crippen molar-refractivity contribution in [1.82, 2.24) is 5.32 Å². The van der Waals surface area contributed by atoms with E-state index in [9.17, 15) is 4.79 Å². The fourth-order valence-electron chi connectivity index (χ4n) is 3.29. The number of nitrogens with one attached hydrogen (secondary N) is 1. The average Bonchev–Trinajstić information content (AvgIpc) is 2.60. The maximum atomic E-state index is 12.8. The van der Waals surface area contributed by atoms with Gasteiger partial charge in [-0.25, -0.2) is 0 Å². The minimum absolute atomic E-state index is 0.00993. The molecule has 1 aliphatic heterocycles. The molecule has 26 heavy (non-hydrogen) atoms. The summed E-state index contributed by atoms with van der Waals surface area (Å²) in [6.45, 7) is 4.29. The van der Waals surface area contributed by atoms with E-state index in [0.717, 1.165) is 29.1 Å². The van der Waals surface area contributed by atoms with Crippen LogP contribution in [-0.4, -0.2) is 32.5 Å². The van der Waals surface area contributed by atoms with Crippen LogP contribution in [0.4, 0.5) is 5.69 Å². The molecule has 0 unspecified atom stereocenters. The van der Waals surface area contributed by atoms with Crippen LogP contribution in [0.3, 0.4) is 0 Å². The van der Waals surface area contributed by atoms with Crippen LogP contribution < -0.4 is 15.0 Å². The van der Waals surface area contributed by atoms with Crippen LogP contribution in [0.2, 0.25) is 0 Å². The second-order valence-corrected chi connectivity index (χ2v) is 7.57. The third-order valence-corrected chi connectivity index (χ3v) is 4.66. The maximum Gasteiger partial charge on any atom is 0.187 e. The Bertz CT molecular complexity index is 849. The van der Waals surface area contributed by atoms with Crippen LogP contribution >= 0.6 is 0 Å². The van der Waals surface area contributed by atoms with Gasteiger partial charge in [0.05, 0.1) is 7.11 Å². The smallest absolute Gasteiger partial charge is 0.187 e. The number of fused-ring (bicyclic) bond motifs is 1. The molecule has 0 aromatic heterocycles. The number of ketones is 1. The molecule has 2 aromatic rings. The van der Waals surface area contributed by atoms with Gasteiger partial charge < -0.3 is 15.0 Å². The Hall–Kier alpha value is -2.75. The first-order valence-electron chi connectivity index (χ1n) is 8.78. The SMILES string of the molecule is COc1ccc2c(c1)C(=CC(=O)c1ccc(N(C)C)cc1)NC(C)(C)C2. The number of benzene rings is 2. The lowest BCUT2D eigenvalue weighted by Crippen LogP contribution is -2.43. The predicted molar refractivity (Wildman–Crippen MR) is 107 cm³/mol. The normalized spacial score (nSPS) is 16.6. The highest BCUT2D eigenvalue weighted by atomic mass is 16.5. The van der Waals surface area contributed by atoms with Gasteiger partial charge in [-0.05, 0) is 62.2 Å². The number of carbonyl (C=O) groups excluding carboxylic acids is 1. The van der Waals surface area contributed by atoms with Gasteiger partial charge in [0, 0.05) is 48.2 Å². The number of methoxy groups -OCH3 is 1. The molecule has 1 aliphatic rings. The summed E-state index contributed by atoms with van der Waals surface area (Å²) in [6.07, 6.45) is 2.60. The molecule has 0 bridgehead atoms. The Morgan fingerprint density at radius 2 is 1.85 bits per heavy atom. The van der Waals surface area contributed by atoms with Gasteiger partial charge in [0.15, 0.2) is 5.78 Å². The molecule has 1 N–H and O–H groups in total. The van der Waals surface area contributed by atoms with E-state index in [0.29, 0.717) is 5.56 Å². The Kier molecular flexibility index (Phi) is 4.77. The van der Waals surface area contributed by atoms with E-state index in [1.165, 1.54) is 5.56 Å². The number of allylic oxidation sites excluding steroid dienone is 1. The van der Waals surface area contributed by atoms with Crippen LogP contribution in [0, 0.1) is 0 Å². The summed E-state index contributed by atoms with van der Waals surface area (Å²) in [7, 11) is 5.62. The molecule has 1 heterocycles. The summed E-state index contributed by atoms with van der Waals surface area (Å²) >= 11 is 0. The average molecular weight is 350 g/mol. The molecule has 0 atom stereocenters. The van der Waals surface area contributed by atoms with Crippen LogP contribution in [0.1, 0.15) is 35.3 Å². The minimum Gasteiger partial charge on any atom is -0.497 e. The highest BCUT2D eigenvalue weighted by Crippen LogP contribution is 2.32. The Morgan fingerprint density at radius 3 is 2.46 bits per heavy atom. The summed E-state index contributed by atoms with van der Waals surface area (Å²) < 4.78 is 5.36. The van der Waals surface area contributed by atoms with Crippen molar-refractivity contribution in [3.63, 3.8) is 0 Å². The van der Waals surface area contributed by atoms with Crippen molar-refractivity contribution in [2.75, 3.05) is 26.1 Å². The quantitative estimate of drug-likeness (QED) is 0.670. The summed E-state index contributed by atoms with van der Waals surface area (Å²) in [5.74, 6) is 0.781. The molecular formula is C22H26N2O2. The van der Waals surface area contributed by atoms with Crippen molar-refractivity contribution in [2.45, 2.75) is 25.8 Å². The van der Waals surface area contributed by atoms with Gasteiger partial charge in [-0.15, -0.1) is 0 Å². The number of nitrogens with zero attached hydrogens (tertiary/aromatic N) is 1. The van der Waals surface area contributed by atoms with Gasteiger partial charge in [-0.1, -0.05) is 6.07 Å². The van der Waals surface area contributed by atoms with Gasteiger partial charge in [0.1, 0.15) is 5.75 Å². The lowest BCUT2D eigenvalue weighted by molar-refractivity contribution is 0.104. The van der Waals surface area contributed by atoms with Gasteiger partial charge in [0.2, 0.25) is 0 Å². The molecule has 0 saturated carbocycles. The van der Waals surface area contributed by atoms with Gasteiger partial charge >= 0.3 is 0 Å². The summed E-state index contributed by atoms with van der Waals surface area (Å²) in [6, 6.07) is 13.7. The molecule has 0 amide bonds. The van der Waals surface area contributed by atoms with E-state index >= 15 is 0 Å². The first-order chi connectivity index (χ1) is 12.3.